The van der Waals surface area contributed by atoms with Crippen molar-refractivity contribution in [3.8, 4) is 0 Å². The largest absolute Gasteiger partial charge is 0.472 e. The first kappa shape index (κ1) is 91.7. The summed E-state index contributed by atoms with van der Waals surface area (Å²) in [4.78, 5) is 35.5. The lowest BCUT2D eigenvalue weighted by molar-refractivity contribution is -0.161. The van der Waals surface area contributed by atoms with Gasteiger partial charge in [-0.25, -0.2) is 4.57 Å². The highest BCUT2D eigenvalue weighted by Gasteiger charge is 2.26. The Labute approximate surface area is 588 Å². The number of unbranched alkanes of at least 4 members (excludes halogenated alkanes) is 45. The average Bonchev–Trinajstić information content (AvgIpc) is 2.75. The molecule has 0 saturated heterocycles. The van der Waals surface area contributed by atoms with Crippen LogP contribution in [0.15, 0.2) is 109 Å². The van der Waals surface area contributed by atoms with E-state index in [4.69, 9.17) is 24.3 Å². The van der Waals surface area contributed by atoms with Crippen LogP contribution in [0.1, 0.15) is 386 Å². The van der Waals surface area contributed by atoms with Crippen molar-refractivity contribution in [3.63, 3.8) is 0 Å². The molecule has 2 unspecified atom stereocenters. The molecule has 0 aliphatic rings. The highest BCUT2D eigenvalue weighted by molar-refractivity contribution is 7.47. The highest BCUT2D eigenvalue weighted by atomic mass is 31.2. The second kappa shape index (κ2) is 79.7. The topological polar surface area (TPSA) is 134 Å². The van der Waals surface area contributed by atoms with Gasteiger partial charge in [-0.1, -0.05) is 386 Å². The zero-order valence-corrected chi connectivity index (χ0v) is 63.0. The van der Waals surface area contributed by atoms with Crippen LogP contribution in [0, 0.1) is 0 Å². The Bertz CT molecular complexity index is 1930. The van der Waals surface area contributed by atoms with Gasteiger partial charge in [0.25, 0.3) is 0 Å². The second-order valence-corrected chi connectivity index (χ2v) is 28.3. The van der Waals surface area contributed by atoms with Gasteiger partial charge in [0.1, 0.15) is 6.61 Å². The number of phosphoric ester groups is 1. The maximum Gasteiger partial charge on any atom is 0.472 e. The fourth-order valence-corrected chi connectivity index (χ4v) is 12.5. The number of phosphoric acid groups is 1. The van der Waals surface area contributed by atoms with E-state index < -0.39 is 26.5 Å². The van der Waals surface area contributed by atoms with Gasteiger partial charge in [0.15, 0.2) is 6.10 Å². The first-order chi connectivity index (χ1) is 46.8. The summed E-state index contributed by atoms with van der Waals surface area (Å²) in [6, 6.07) is 0. The molecule has 0 radical (unpaired) electrons. The molecule has 10 heteroatoms. The maximum atomic E-state index is 12.8. The van der Waals surface area contributed by atoms with E-state index in [0.717, 1.165) is 89.9 Å². The van der Waals surface area contributed by atoms with Crippen molar-refractivity contribution >= 4 is 19.8 Å². The van der Waals surface area contributed by atoms with Crippen LogP contribution < -0.4 is 5.73 Å². The Morgan fingerprint density at radius 3 is 0.811 bits per heavy atom. The smallest absolute Gasteiger partial charge is 0.462 e. The number of carbonyl (C=O) groups excluding carboxylic acids is 2. The number of hydrogen-bond acceptors (Lipinski definition) is 8. The minimum atomic E-state index is -4.40. The van der Waals surface area contributed by atoms with Crippen LogP contribution in [-0.2, 0) is 32.7 Å². The number of carbonyl (C=O) groups is 2. The van der Waals surface area contributed by atoms with Crippen LogP contribution in [0.2, 0.25) is 0 Å². The molecule has 2 atom stereocenters. The summed E-state index contributed by atoms with van der Waals surface area (Å²) in [5.41, 5.74) is 5.42. The van der Waals surface area contributed by atoms with Crippen molar-refractivity contribution in [2.45, 2.75) is 392 Å². The van der Waals surface area contributed by atoms with Gasteiger partial charge in [0.2, 0.25) is 0 Å². The second-order valence-electron chi connectivity index (χ2n) is 26.9. The van der Waals surface area contributed by atoms with Gasteiger partial charge < -0.3 is 20.1 Å². The quantitative estimate of drug-likeness (QED) is 0.0264. The van der Waals surface area contributed by atoms with Crippen molar-refractivity contribution in [1.29, 1.82) is 0 Å². The molecule has 0 aliphatic carbocycles. The summed E-state index contributed by atoms with van der Waals surface area (Å²) in [5, 5.41) is 0. The molecular formula is C85H152NO8P. The van der Waals surface area contributed by atoms with E-state index in [-0.39, 0.29) is 38.6 Å². The molecule has 3 N–H and O–H groups in total. The third-order valence-corrected chi connectivity index (χ3v) is 18.6. The predicted molar refractivity (Wildman–Crippen MR) is 413 cm³/mol. The molecule has 0 aromatic heterocycles. The number of ether oxygens (including phenoxy) is 2. The molecular weight excluding hydrogens is 1190 g/mol. The monoisotopic (exact) mass is 1350 g/mol. The van der Waals surface area contributed by atoms with Crippen LogP contribution in [0.5, 0.6) is 0 Å². The molecule has 95 heavy (non-hydrogen) atoms. The standard InChI is InChI=1S/C85H152NO8P/c1-3-5-7-9-11-13-15-17-19-21-23-25-27-29-31-33-35-37-38-39-40-41-42-43-44-46-48-50-52-54-56-58-60-62-64-66-68-70-72-74-76-78-85(88)94-83(82-93-95(89,90)92-80-79-86)81-91-84(87)77-75-73-71-69-67-65-63-61-59-57-55-53-51-49-47-45-36-34-32-30-28-26-24-22-20-18-16-14-12-10-8-6-4-2/h5-8,11-14,17-20,23-26,29,31,83H,3-4,9-10,15-16,21-22,27-28,30,32-82,86H2,1-2H3,(H,89,90)/b7-5-,8-6-,13-11-,14-12-,19-17-,20-18-,25-23-,26-24-,31-29-. The van der Waals surface area contributed by atoms with Crippen LogP contribution >= 0.6 is 7.82 Å². The number of allylic oxidation sites excluding steroid dienone is 18. The minimum Gasteiger partial charge on any atom is -0.462 e. The number of nitrogens with two attached hydrogens (primary N) is 1. The van der Waals surface area contributed by atoms with Gasteiger partial charge in [0.05, 0.1) is 13.2 Å². The maximum absolute atomic E-state index is 12.8. The van der Waals surface area contributed by atoms with Crippen molar-refractivity contribution in [1.82, 2.24) is 0 Å². The Hall–Kier alpha value is -3.33. The van der Waals surface area contributed by atoms with Gasteiger partial charge in [-0.3, -0.25) is 18.6 Å². The van der Waals surface area contributed by atoms with E-state index in [0.29, 0.717) is 6.42 Å². The zero-order valence-electron chi connectivity index (χ0n) is 62.1. The summed E-state index contributed by atoms with van der Waals surface area (Å²) in [6.45, 7) is 3.58. The molecule has 0 rings (SSSR count). The van der Waals surface area contributed by atoms with E-state index in [2.05, 4.69) is 123 Å². The SMILES string of the molecule is CC/C=C\C/C=C\C/C=C\C/C=C\C/C=C\CCCCCCCCCCCCCCCCCCCCCCCCCCCC(=O)OC(COC(=O)CCCCCCCCCCCCCCCCCCCCCC/C=C\C/C=C\C/C=C\C/C=C\CC)COP(=O)(O)OCCN. The molecule has 0 bridgehead atoms. The summed E-state index contributed by atoms with van der Waals surface area (Å²) >= 11 is 0. The summed E-state index contributed by atoms with van der Waals surface area (Å²) in [5.74, 6) is -0.808. The summed E-state index contributed by atoms with van der Waals surface area (Å²) in [6.07, 6.45) is 111. The van der Waals surface area contributed by atoms with Crippen LogP contribution in [0.4, 0.5) is 0 Å². The molecule has 0 heterocycles. The van der Waals surface area contributed by atoms with Crippen molar-refractivity contribution in [2.24, 2.45) is 5.73 Å². The molecule has 0 aromatic rings. The van der Waals surface area contributed by atoms with Crippen LogP contribution in [0.25, 0.3) is 0 Å². The lowest BCUT2D eigenvalue weighted by Gasteiger charge is -2.19. The van der Waals surface area contributed by atoms with E-state index >= 15 is 0 Å². The van der Waals surface area contributed by atoms with Crippen molar-refractivity contribution in [3.05, 3.63) is 109 Å². The summed E-state index contributed by atoms with van der Waals surface area (Å²) in [7, 11) is -4.40. The van der Waals surface area contributed by atoms with Crippen molar-refractivity contribution < 1.29 is 37.6 Å². The normalized spacial score (nSPS) is 13.4. The van der Waals surface area contributed by atoms with Crippen molar-refractivity contribution in [2.75, 3.05) is 26.4 Å². The zero-order chi connectivity index (χ0) is 68.6. The van der Waals surface area contributed by atoms with E-state index in [1.54, 1.807) is 0 Å². The Morgan fingerprint density at radius 2 is 0.547 bits per heavy atom. The molecule has 0 saturated carbocycles. The number of rotatable bonds is 76. The molecule has 0 aliphatic heterocycles. The summed E-state index contributed by atoms with van der Waals surface area (Å²) < 4.78 is 33.3. The molecule has 0 spiro atoms. The third-order valence-electron chi connectivity index (χ3n) is 17.7. The Kier molecular flexibility index (Phi) is 76.9. The number of esters is 2. The fraction of sp³-hybridized carbons (Fsp3) is 0.765. The first-order valence-electron chi connectivity index (χ1n) is 40.4. The van der Waals surface area contributed by atoms with E-state index in [9.17, 15) is 19.0 Å². The average molecular weight is 1350 g/mol. The number of hydrogen-bond donors (Lipinski definition) is 2. The van der Waals surface area contributed by atoms with Gasteiger partial charge in [-0.05, 0) is 96.3 Å². The lowest BCUT2D eigenvalue weighted by atomic mass is 10.0. The van der Waals surface area contributed by atoms with Gasteiger partial charge in [-0.2, -0.15) is 0 Å². The first-order valence-corrected chi connectivity index (χ1v) is 41.9. The minimum absolute atomic E-state index is 0.0535. The molecule has 0 amide bonds. The van der Waals surface area contributed by atoms with E-state index in [1.165, 1.54) is 263 Å². The predicted octanol–water partition coefficient (Wildman–Crippen LogP) is 27.2. The lowest BCUT2D eigenvalue weighted by Crippen LogP contribution is -2.29. The van der Waals surface area contributed by atoms with Crippen LogP contribution in [-0.4, -0.2) is 49.3 Å². The van der Waals surface area contributed by atoms with Crippen LogP contribution in [0.3, 0.4) is 0 Å². The molecule has 0 aromatic carbocycles. The fourth-order valence-electron chi connectivity index (χ4n) is 11.8. The Morgan fingerprint density at radius 1 is 0.316 bits per heavy atom. The van der Waals surface area contributed by atoms with Gasteiger partial charge in [0, 0.05) is 19.4 Å². The molecule has 550 valence electrons. The Balaban J connectivity index is 3.76. The molecule has 0 fully saturated rings. The highest BCUT2D eigenvalue weighted by Crippen LogP contribution is 2.43. The van der Waals surface area contributed by atoms with Gasteiger partial charge >= 0.3 is 19.8 Å². The van der Waals surface area contributed by atoms with E-state index in [1.807, 2.05) is 0 Å². The van der Waals surface area contributed by atoms with Gasteiger partial charge in [-0.15, -0.1) is 0 Å². The molecule has 9 nitrogen and oxygen atoms in total. The third kappa shape index (κ3) is 79.5.